The Bertz CT molecular complexity index is 930. The smallest absolute Gasteiger partial charge is 0.338 e. The molecule has 0 saturated carbocycles. The number of hydrogen-bond donors (Lipinski definition) is 1. The van der Waals surface area contributed by atoms with Gasteiger partial charge < -0.3 is 19.5 Å². The summed E-state index contributed by atoms with van der Waals surface area (Å²) >= 11 is 0. The van der Waals surface area contributed by atoms with Crippen molar-refractivity contribution in [2.24, 2.45) is 0 Å². The summed E-state index contributed by atoms with van der Waals surface area (Å²) in [5.74, 6) is 0.220. The zero-order valence-corrected chi connectivity index (χ0v) is 17.0. The normalized spacial score (nSPS) is 10.3. The van der Waals surface area contributed by atoms with Gasteiger partial charge in [-0.3, -0.25) is 4.79 Å². The highest BCUT2D eigenvalue weighted by atomic mass is 16.5. The lowest BCUT2D eigenvalue weighted by Crippen LogP contribution is -2.09. The van der Waals surface area contributed by atoms with Crippen molar-refractivity contribution in [2.45, 2.75) is 19.8 Å². The van der Waals surface area contributed by atoms with Gasteiger partial charge in [0.2, 0.25) is 5.91 Å². The molecule has 0 heterocycles. The quantitative estimate of drug-likeness (QED) is 0.359. The number of benzene rings is 2. The van der Waals surface area contributed by atoms with Crippen molar-refractivity contribution in [3.63, 3.8) is 0 Å². The summed E-state index contributed by atoms with van der Waals surface area (Å²) in [6.07, 6.45) is 4.80. The predicted octanol–water partition coefficient (Wildman–Crippen LogP) is 4.21. The molecular weight excluding hydrogens is 384 g/mol. The topological polar surface area (TPSA) is 97.6 Å². The van der Waals surface area contributed by atoms with Crippen molar-refractivity contribution < 1.29 is 23.8 Å². The van der Waals surface area contributed by atoms with Crippen LogP contribution in [-0.2, 0) is 9.53 Å². The number of carbonyl (C=O) groups is 2. The minimum atomic E-state index is -0.377. The third-order valence-corrected chi connectivity index (χ3v) is 4.03. The SMILES string of the molecule is CCCCOC(=O)c1ccc(NC(=O)/C=C/c2ccc(OCC#N)c(OC)c2)cc1. The van der Waals surface area contributed by atoms with Gasteiger partial charge in [-0.05, 0) is 54.5 Å². The van der Waals surface area contributed by atoms with Gasteiger partial charge in [0, 0.05) is 11.8 Å². The number of nitrogens with zero attached hydrogens (tertiary/aromatic N) is 1. The van der Waals surface area contributed by atoms with Gasteiger partial charge in [-0.2, -0.15) is 5.26 Å². The first-order valence-electron chi connectivity index (χ1n) is 9.51. The highest BCUT2D eigenvalue weighted by Crippen LogP contribution is 2.28. The van der Waals surface area contributed by atoms with E-state index in [2.05, 4.69) is 5.32 Å². The average molecular weight is 408 g/mol. The summed E-state index contributed by atoms with van der Waals surface area (Å²) in [5, 5.41) is 11.3. The number of anilines is 1. The molecule has 1 N–H and O–H groups in total. The number of rotatable bonds is 10. The average Bonchev–Trinajstić information content (AvgIpc) is 2.77. The Labute approximate surface area is 175 Å². The van der Waals surface area contributed by atoms with Gasteiger partial charge in [0.1, 0.15) is 6.07 Å². The van der Waals surface area contributed by atoms with E-state index in [4.69, 9.17) is 19.5 Å². The number of nitriles is 1. The standard InChI is InChI=1S/C23H24N2O5/c1-3-4-14-30-23(27)18-7-9-19(10-8-18)25-22(26)12-6-17-5-11-20(29-15-13-24)21(16-17)28-2/h5-12,16H,3-4,14-15H2,1-2H3,(H,25,26)/b12-6+. The number of esters is 1. The van der Waals surface area contributed by atoms with Crippen LogP contribution in [0.5, 0.6) is 11.5 Å². The zero-order valence-electron chi connectivity index (χ0n) is 17.0. The first-order chi connectivity index (χ1) is 14.6. The van der Waals surface area contributed by atoms with Crippen LogP contribution in [0.2, 0.25) is 0 Å². The molecule has 0 atom stereocenters. The Balaban J connectivity index is 1.94. The van der Waals surface area contributed by atoms with Crippen LogP contribution in [0.4, 0.5) is 5.69 Å². The van der Waals surface area contributed by atoms with Crippen molar-refractivity contribution in [3.8, 4) is 17.6 Å². The van der Waals surface area contributed by atoms with Crippen molar-refractivity contribution in [1.82, 2.24) is 0 Å². The first-order valence-corrected chi connectivity index (χ1v) is 9.51. The maximum absolute atomic E-state index is 12.2. The highest BCUT2D eigenvalue weighted by Gasteiger charge is 2.08. The van der Waals surface area contributed by atoms with E-state index in [0.29, 0.717) is 29.4 Å². The van der Waals surface area contributed by atoms with Crippen LogP contribution in [-0.4, -0.2) is 32.2 Å². The van der Waals surface area contributed by atoms with E-state index in [-0.39, 0.29) is 18.5 Å². The summed E-state index contributed by atoms with van der Waals surface area (Å²) in [6.45, 7) is 2.34. The van der Waals surface area contributed by atoms with E-state index >= 15 is 0 Å². The molecule has 2 rings (SSSR count). The summed E-state index contributed by atoms with van der Waals surface area (Å²) in [5.41, 5.74) is 1.73. The van der Waals surface area contributed by atoms with Crippen LogP contribution in [0.1, 0.15) is 35.7 Å². The molecular formula is C23H24N2O5. The molecule has 0 aromatic heterocycles. The van der Waals surface area contributed by atoms with Gasteiger partial charge >= 0.3 is 5.97 Å². The molecule has 0 aliphatic heterocycles. The van der Waals surface area contributed by atoms with Crippen LogP contribution in [0.25, 0.3) is 6.08 Å². The molecule has 0 spiro atoms. The van der Waals surface area contributed by atoms with Crippen LogP contribution < -0.4 is 14.8 Å². The second-order valence-corrected chi connectivity index (χ2v) is 6.25. The lowest BCUT2D eigenvalue weighted by Gasteiger charge is -2.09. The summed E-state index contributed by atoms with van der Waals surface area (Å²) in [7, 11) is 1.50. The number of hydrogen-bond acceptors (Lipinski definition) is 6. The number of methoxy groups -OCH3 is 1. The lowest BCUT2D eigenvalue weighted by molar-refractivity contribution is -0.111. The van der Waals surface area contributed by atoms with Crippen LogP contribution in [0.15, 0.2) is 48.5 Å². The van der Waals surface area contributed by atoms with Crippen molar-refractivity contribution >= 4 is 23.6 Å². The number of carbonyl (C=O) groups excluding carboxylic acids is 2. The molecule has 0 aliphatic carbocycles. The fraction of sp³-hybridized carbons (Fsp3) is 0.261. The molecule has 7 heteroatoms. The summed E-state index contributed by atoms with van der Waals surface area (Å²) < 4.78 is 15.7. The molecule has 2 aromatic carbocycles. The van der Waals surface area contributed by atoms with E-state index in [0.717, 1.165) is 18.4 Å². The summed E-state index contributed by atoms with van der Waals surface area (Å²) in [4.78, 5) is 24.1. The molecule has 2 aromatic rings. The van der Waals surface area contributed by atoms with Crippen LogP contribution in [0, 0.1) is 11.3 Å². The molecule has 0 fully saturated rings. The van der Waals surface area contributed by atoms with Crippen molar-refractivity contribution in [2.75, 3.05) is 25.6 Å². The van der Waals surface area contributed by atoms with Crippen LogP contribution >= 0.6 is 0 Å². The van der Waals surface area contributed by atoms with E-state index in [9.17, 15) is 9.59 Å². The van der Waals surface area contributed by atoms with Crippen molar-refractivity contribution in [3.05, 3.63) is 59.7 Å². The zero-order chi connectivity index (χ0) is 21.8. The van der Waals surface area contributed by atoms with E-state index in [1.54, 1.807) is 48.5 Å². The Morgan fingerprint density at radius 2 is 1.90 bits per heavy atom. The second-order valence-electron chi connectivity index (χ2n) is 6.25. The molecule has 0 unspecified atom stereocenters. The Kier molecular flexibility index (Phi) is 8.94. The third kappa shape index (κ3) is 6.99. The molecule has 0 radical (unpaired) electrons. The summed E-state index contributed by atoms with van der Waals surface area (Å²) in [6, 6.07) is 13.5. The minimum Gasteiger partial charge on any atom is -0.493 e. The molecule has 1 amide bonds. The van der Waals surface area contributed by atoms with E-state index < -0.39 is 0 Å². The molecule has 0 saturated heterocycles. The maximum atomic E-state index is 12.2. The second kappa shape index (κ2) is 11.9. The Morgan fingerprint density at radius 1 is 1.13 bits per heavy atom. The Hall–Kier alpha value is -3.79. The molecule has 7 nitrogen and oxygen atoms in total. The van der Waals surface area contributed by atoms with Gasteiger partial charge in [0.25, 0.3) is 0 Å². The van der Waals surface area contributed by atoms with E-state index in [1.807, 2.05) is 13.0 Å². The van der Waals surface area contributed by atoms with Gasteiger partial charge in [0.05, 0.1) is 19.3 Å². The number of nitrogens with one attached hydrogen (secondary N) is 1. The fourth-order valence-electron chi connectivity index (χ4n) is 2.46. The highest BCUT2D eigenvalue weighted by molar-refractivity contribution is 6.02. The van der Waals surface area contributed by atoms with Gasteiger partial charge in [-0.25, -0.2) is 4.79 Å². The maximum Gasteiger partial charge on any atom is 0.338 e. The van der Waals surface area contributed by atoms with Crippen molar-refractivity contribution in [1.29, 1.82) is 5.26 Å². The van der Waals surface area contributed by atoms with Gasteiger partial charge in [0.15, 0.2) is 18.1 Å². The first kappa shape index (κ1) is 22.5. The van der Waals surface area contributed by atoms with E-state index in [1.165, 1.54) is 13.2 Å². The molecule has 156 valence electrons. The lowest BCUT2D eigenvalue weighted by atomic mass is 10.2. The fourth-order valence-corrected chi connectivity index (χ4v) is 2.46. The Morgan fingerprint density at radius 3 is 2.57 bits per heavy atom. The largest absolute Gasteiger partial charge is 0.493 e. The third-order valence-electron chi connectivity index (χ3n) is 4.03. The van der Waals surface area contributed by atoms with Gasteiger partial charge in [-0.15, -0.1) is 0 Å². The van der Waals surface area contributed by atoms with Gasteiger partial charge in [-0.1, -0.05) is 19.4 Å². The minimum absolute atomic E-state index is 0.0802. The number of ether oxygens (including phenoxy) is 3. The number of unbranched alkanes of at least 4 members (excludes halogenated alkanes) is 1. The predicted molar refractivity (Wildman–Crippen MR) is 113 cm³/mol. The molecule has 0 aliphatic rings. The number of amides is 1. The molecule has 0 bridgehead atoms. The van der Waals surface area contributed by atoms with Crippen LogP contribution in [0.3, 0.4) is 0 Å². The monoisotopic (exact) mass is 408 g/mol. The molecule has 30 heavy (non-hydrogen) atoms.